The molecule has 2 amide bonds. The number of urea groups is 1. The second-order valence-corrected chi connectivity index (χ2v) is 9.29. The van der Waals surface area contributed by atoms with Crippen LogP contribution in [0.25, 0.3) is 11.4 Å². The van der Waals surface area contributed by atoms with Crippen LogP contribution in [0, 0.1) is 0 Å². The Kier molecular flexibility index (Phi) is 6.79. The van der Waals surface area contributed by atoms with Gasteiger partial charge in [0.2, 0.25) is 11.7 Å². The summed E-state index contributed by atoms with van der Waals surface area (Å²) < 4.78 is 5.58. The van der Waals surface area contributed by atoms with Gasteiger partial charge >= 0.3 is 6.03 Å². The molecule has 2 heterocycles. The summed E-state index contributed by atoms with van der Waals surface area (Å²) in [5.41, 5.74) is 4.23. The van der Waals surface area contributed by atoms with E-state index >= 15 is 0 Å². The van der Waals surface area contributed by atoms with E-state index in [0.29, 0.717) is 24.8 Å². The zero-order valence-corrected chi connectivity index (χ0v) is 19.9. The highest BCUT2D eigenvalue weighted by molar-refractivity contribution is 5.89. The van der Waals surface area contributed by atoms with Gasteiger partial charge in [-0.1, -0.05) is 43.5 Å². The Morgan fingerprint density at radius 1 is 0.971 bits per heavy atom. The lowest BCUT2D eigenvalue weighted by Gasteiger charge is -2.36. The first kappa shape index (κ1) is 22.4. The molecule has 0 atom stereocenters. The van der Waals surface area contributed by atoms with Crippen molar-refractivity contribution in [1.82, 2.24) is 15.0 Å². The zero-order valence-electron chi connectivity index (χ0n) is 19.9. The number of carbonyl (C=O) groups excluding carboxylic acids is 1. The predicted molar refractivity (Wildman–Crippen MR) is 134 cm³/mol. The van der Waals surface area contributed by atoms with Gasteiger partial charge in [-0.2, -0.15) is 4.98 Å². The normalized spacial score (nSPS) is 17.1. The van der Waals surface area contributed by atoms with Gasteiger partial charge in [0.15, 0.2) is 0 Å². The molecule has 34 heavy (non-hydrogen) atoms. The van der Waals surface area contributed by atoms with Gasteiger partial charge in [-0.15, -0.1) is 0 Å². The molecule has 1 saturated heterocycles. The Hall–Kier alpha value is -3.35. The highest BCUT2D eigenvalue weighted by Gasteiger charge is 2.23. The van der Waals surface area contributed by atoms with E-state index in [-0.39, 0.29) is 6.03 Å². The fourth-order valence-corrected chi connectivity index (χ4v) is 4.88. The fraction of sp³-hybridized carbons (Fsp3) is 0.444. The Balaban J connectivity index is 1.15. The van der Waals surface area contributed by atoms with E-state index in [1.165, 1.54) is 24.8 Å². The van der Waals surface area contributed by atoms with E-state index in [9.17, 15) is 4.79 Å². The van der Waals surface area contributed by atoms with Crippen LogP contribution in [0.15, 0.2) is 53.1 Å². The number of hydrogen-bond acceptors (Lipinski definition) is 5. The molecule has 2 aliphatic rings. The molecular weight excluding hydrogens is 426 g/mol. The standard InChI is InChI=1S/C27H33N5O2/c1-2-20-8-12-23(13-9-20)28-27(33)32-18-16-31(17-19-32)24-14-10-21(11-15-24)25-29-26(34-30-25)22-6-4-3-5-7-22/h8-15,22H,2-7,16-19H2,1H3,(H,28,33). The third-order valence-electron chi connectivity index (χ3n) is 7.07. The molecule has 3 aromatic rings. The molecule has 1 aromatic heterocycles. The third kappa shape index (κ3) is 5.08. The summed E-state index contributed by atoms with van der Waals surface area (Å²) in [4.78, 5) is 21.5. The Labute approximate surface area is 201 Å². The van der Waals surface area contributed by atoms with Crippen molar-refractivity contribution in [3.05, 3.63) is 60.0 Å². The number of anilines is 2. The van der Waals surface area contributed by atoms with Crippen LogP contribution in [-0.2, 0) is 6.42 Å². The minimum Gasteiger partial charge on any atom is -0.368 e. The highest BCUT2D eigenvalue weighted by atomic mass is 16.5. The first-order valence-electron chi connectivity index (χ1n) is 12.5. The molecule has 0 spiro atoms. The summed E-state index contributed by atoms with van der Waals surface area (Å²) in [5.74, 6) is 1.87. The molecule has 7 nitrogen and oxygen atoms in total. The van der Waals surface area contributed by atoms with E-state index in [1.54, 1.807) is 0 Å². The van der Waals surface area contributed by atoms with E-state index in [0.717, 1.165) is 55.2 Å². The number of hydrogen-bond donors (Lipinski definition) is 1. The van der Waals surface area contributed by atoms with Gasteiger partial charge in [-0.3, -0.25) is 0 Å². The van der Waals surface area contributed by atoms with Gasteiger partial charge in [0.25, 0.3) is 0 Å². The summed E-state index contributed by atoms with van der Waals surface area (Å²) in [7, 11) is 0. The van der Waals surface area contributed by atoms with Crippen LogP contribution >= 0.6 is 0 Å². The van der Waals surface area contributed by atoms with Crippen molar-refractivity contribution in [2.24, 2.45) is 0 Å². The van der Waals surface area contributed by atoms with E-state index in [4.69, 9.17) is 4.52 Å². The van der Waals surface area contributed by atoms with Crippen LogP contribution in [0.5, 0.6) is 0 Å². The van der Waals surface area contributed by atoms with Crippen molar-refractivity contribution in [3.63, 3.8) is 0 Å². The summed E-state index contributed by atoms with van der Waals surface area (Å²) in [6.45, 7) is 5.11. The number of rotatable bonds is 5. The predicted octanol–water partition coefficient (Wildman–Crippen LogP) is 5.70. The molecule has 0 unspecified atom stereocenters. The van der Waals surface area contributed by atoms with Crippen molar-refractivity contribution in [1.29, 1.82) is 0 Å². The quantitative estimate of drug-likeness (QED) is 0.530. The zero-order chi connectivity index (χ0) is 23.3. The topological polar surface area (TPSA) is 74.5 Å². The van der Waals surface area contributed by atoms with E-state index in [2.05, 4.69) is 63.7 Å². The molecular formula is C27H33N5O2. The van der Waals surface area contributed by atoms with Crippen molar-refractivity contribution in [2.45, 2.75) is 51.4 Å². The number of carbonyl (C=O) groups is 1. The van der Waals surface area contributed by atoms with Crippen LogP contribution in [0.4, 0.5) is 16.2 Å². The molecule has 0 bridgehead atoms. The average molecular weight is 460 g/mol. The molecule has 7 heteroatoms. The monoisotopic (exact) mass is 459 g/mol. The van der Waals surface area contributed by atoms with E-state index < -0.39 is 0 Å². The Morgan fingerprint density at radius 3 is 2.35 bits per heavy atom. The van der Waals surface area contributed by atoms with Crippen molar-refractivity contribution in [3.8, 4) is 11.4 Å². The first-order valence-corrected chi connectivity index (χ1v) is 12.5. The van der Waals surface area contributed by atoms with Gasteiger partial charge in [-0.05, 0) is 61.2 Å². The van der Waals surface area contributed by atoms with Gasteiger partial charge in [-0.25, -0.2) is 4.79 Å². The summed E-state index contributed by atoms with van der Waals surface area (Å²) in [6.07, 6.45) is 7.10. The number of benzene rings is 2. The Morgan fingerprint density at radius 2 is 1.68 bits per heavy atom. The highest BCUT2D eigenvalue weighted by Crippen LogP contribution is 2.32. The third-order valence-corrected chi connectivity index (χ3v) is 7.07. The summed E-state index contributed by atoms with van der Waals surface area (Å²) in [6, 6.07) is 16.4. The molecule has 2 fully saturated rings. The average Bonchev–Trinajstić information content (AvgIpc) is 3.40. The fourth-order valence-electron chi connectivity index (χ4n) is 4.88. The molecule has 5 rings (SSSR count). The number of aryl methyl sites for hydroxylation is 1. The maximum atomic E-state index is 12.7. The van der Waals surface area contributed by atoms with E-state index in [1.807, 2.05) is 17.0 Å². The lowest BCUT2D eigenvalue weighted by Crippen LogP contribution is -2.50. The van der Waals surface area contributed by atoms with Gasteiger partial charge < -0.3 is 19.6 Å². The second kappa shape index (κ2) is 10.3. The molecule has 1 N–H and O–H groups in total. The molecule has 2 aromatic carbocycles. The number of nitrogens with zero attached hydrogens (tertiary/aromatic N) is 4. The maximum absolute atomic E-state index is 12.7. The maximum Gasteiger partial charge on any atom is 0.321 e. The largest absolute Gasteiger partial charge is 0.368 e. The minimum atomic E-state index is -0.0369. The lowest BCUT2D eigenvalue weighted by atomic mass is 9.89. The first-order chi connectivity index (χ1) is 16.7. The molecule has 0 radical (unpaired) electrons. The van der Waals surface area contributed by atoms with Crippen LogP contribution < -0.4 is 10.2 Å². The van der Waals surface area contributed by atoms with Crippen molar-refractivity contribution in [2.75, 3.05) is 36.4 Å². The number of nitrogens with one attached hydrogen (secondary N) is 1. The summed E-state index contributed by atoms with van der Waals surface area (Å²) >= 11 is 0. The Bertz CT molecular complexity index is 1080. The SMILES string of the molecule is CCc1ccc(NC(=O)N2CCN(c3ccc(-c4noc(C5CCCCC5)n4)cc3)CC2)cc1. The van der Waals surface area contributed by atoms with Crippen LogP contribution in [0.3, 0.4) is 0 Å². The molecule has 1 aliphatic carbocycles. The van der Waals surface area contributed by atoms with Gasteiger partial charge in [0, 0.05) is 49.0 Å². The van der Waals surface area contributed by atoms with Crippen molar-refractivity contribution < 1.29 is 9.32 Å². The minimum absolute atomic E-state index is 0.0369. The molecule has 1 aliphatic heterocycles. The lowest BCUT2D eigenvalue weighted by molar-refractivity contribution is 0.208. The van der Waals surface area contributed by atoms with Crippen LogP contribution in [0.1, 0.15) is 56.4 Å². The number of amides is 2. The smallest absolute Gasteiger partial charge is 0.321 e. The molecule has 178 valence electrons. The van der Waals surface area contributed by atoms with Crippen molar-refractivity contribution >= 4 is 17.4 Å². The number of piperazine rings is 1. The van der Waals surface area contributed by atoms with Gasteiger partial charge in [0.05, 0.1) is 0 Å². The second-order valence-electron chi connectivity index (χ2n) is 9.29. The van der Waals surface area contributed by atoms with Crippen LogP contribution in [0.2, 0.25) is 0 Å². The summed E-state index contributed by atoms with van der Waals surface area (Å²) in [5, 5.41) is 7.24. The van der Waals surface area contributed by atoms with Crippen LogP contribution in [-0.4, -0.2) is 47.3 Å². The number of aromatic nitrogens is 2. The van der Waals surface area contributed by atoms with Gasteiger partial charge in [0.1, 0.15) is 0 Å². The molecule has 1 saturated carbocycles.